The summed E-state index contributed by atoms with van der Waals surface area (Å²) in [5.41, 5.74) is 7.93. The van der Waals surface area contributed by atoms with Crippen molar-refractivity contribution in [2.75, 3.05) is 25.5 Å². The molecule has 2 bridgehead atoms. The van der Waals surface area contributed by atoms with Gasteiger partial charge in [-0.25, -0.2) is 0 Å². The van der Waals surface area contributed by atoms with Crippen LogP contribution in [0.15, 0.2) is 80.7 Å². The molecule has 2 aliphatic rings. The van der Waals surface area contributed by atoms with Gasteiger partial charge in [-0.05, 0) is 60.4 Å². The van der Waals surface area contributed by atoms with Crippen molar-refractivity contribution in [2.45, 2.75) is 51.3 Å². The zero-order valence-corrected chi connectivity index (χ0v) is 26.8. The van der Waals surface area contributed by atoms with E-state index in [2.05, 4.69) is 10.2 Å². The summed E-state index contributed by atoms with van der Waals surface area (Å²) in [6.45, 7) is 3.89. The molecule has 4 aromatic rings. The summed E-state index contributed by atoms with van der Waals surface area (Å²) in [5, 5.41) is 13.7. The van der Waals surface area contributed by atoms with Gasteiger partial charge in [-0.2, -0.15) is 0 Å². The molecule has 0 spiro atoms. The fraction of sp³-hybridized carbons (Fsp3) is 0.333. The molecule has 12 heteroatoms. The minimum Gasteiger partial charge on any atom is -0.502 e. The van der Waals surface area contributed by atoms with Crippen LogP contribution in [0.5, 0.6) is 17.2 Å². The fourth-order valence-electron chi connectivity index (χ4n) is 6.90. The normalized spacial score (nSPS) is 17.6. The lowest BCUT2D eigenvalue weighted by atomic mass is 9.83. The van der Waals surface area contributed by atoms with Crippen molar-refractivity contribution in [3.63, 3.8) is 0 Å². The van der Waals surface area contributed by atoms with E-state index in [1.807, 2.05) is 10.6 Å². The molecule has 4 heterocycles. The Balaban J connectivity index is 1.26. The third-order valence-corrected chi connectivity index (χ3v) is 8.93. The summed E-state index contributed by atoms with van der Waals surface area (Å²) in [7, 11) is 1.53. The molecule has 2 aromatic heterocycles. The number of fused-ring (bicyclic) bond motifs is 4. The number of carbonyl (C=O) groups is 2. The van der Waals surface area contributed by atoms with Crippen LogP contribution in [0.3, 0.4) is 0 Å². The van der Waals surface area contributed by atoms with E-state index in [0.717, 1.165) is 18.7 Å². The summed E-state index contributed by atoms with van der Waals surface area (Å²) in [6.07, 6.45) is 0.758. The Hall–Kier alpha value is -5.36. The molecule has 3 atom stereocenters. The molecule has 2 amide bonds. The molecule has 2 aromatic carbocycles. The molecule has 3 unspecified atom stereocenters. The topological polar surface area (TPSA) is 166 Å². The average Bonchev–Trinajstić information content (AvgIpc) is 3.05. The van der Waals surface area contributed by atoms with Gasteiger partial charge in [0.25, 0.3) is 5.56 Å². The van der Waals surface area contributed by atoms with Gasteiger partial charge in [-0.1, -0.05) is 12.1 Å². The first-order valence-electron chi connectivity index (χ1n) is 15.8. The predicted octanol–water partition coefficient (Wildman–Crippen LogP) is 3.68. The second kappa shape index (κ2) is 13.8. The van der Waals surface area contributed by atoms with Crippen molar-refractivity contribution < 1.29 is 28.6 Å². The van der Waals surface area contributed by atoms with E-state index in [0.29, 0.717) is 53.7 Å². The molecule has 1 saturated heterocycles. The van der Waals surface area contributed by atoms with Crippen LogP contribution in [0.2, 0.25) is 0 Å². The number of aromatic hydroxyl groups is 1. The zero-order valence-electron chi connectivity index (χ0n) is 26.8. The standard InChI is InChI=1S/C36H38N4O8/c1-21(41)38-26-7-9-27(10-8-26)47-20-25-13-23(6-11-32(25)46-2)29(15-33(37)43)36-35(45)31(42)14-28(48-36)19-39-16-22-12-24(18-39)30-4-3-5-34(44)40(30)17-22/h3-11,13-14,22,24,29,45H,12,15-20H2,1-2H3,(H2,37,43)(H,38,41). The Morgan fingerprint density at radius 1 is 1.06 bits per heavy atom. The van der Waals surface area contributed by atoms with Crippen molar-refractivity contribution in [3.05, 3.63) is 116 Å². The maximum atomic E-state index is 13.1. The number of rotatable bonds is 11. The molecule has 1 fully saturated rings. The highest BCUT2D eigenvalue weighted by atomic mass is 16.5. The third-order valence-electron chi connectivity index (χ3n) is 8.93. The minimum absolute atomic E-state index is 0.0101. The summed E-state index contributed by atoms with van der Waals surface area (Å²) in [4.78, 5) is 51.4. The number of likely N-dealkylation sites (tertiary alicyclic amines) is 1. The van der Waals surface area contributed by atoms with Crippen LogP contribution in [0.25, 0.3) is 0 Å². The number of amides is 2. The number of piperidine rings is 1. The summed E-state index contributed by atoms with van der Waals surface area (Å²) < 4.78 is 19.6. The van der Waals surface area contributed by atoms with Crippen molar-refractivity contribution in [3.8, 4) is 17.2 Å². The van der Waals surface area contributed by atoms with Gasteiger partial charge in [-0.15, -0.1) is 0 Å². The maximum absolute atomic E-state index is 13.1. The van der Waals surface area contributed by atoms with E-state index < -0.39 is 23.0 Å². The number of pyridine rings is 1. The first-order chi connectivity index (χ1) is 23.1. The largest absolute Gasteiger partial charge is 0.502 e. The lowest BCUT2D eigenvalue weighted by Crippen LogP contribution is -2.46. The number of ether oxygens (including phenoxy) is 2. The Kier molecular flexibility index (Phi) is 9.35. The Labute approximate surface area is 276 Å². The van der Waals surface area contributed by atoms with Crippen LogP contribution in [0.4, 0.5) is 5.69 Å². The quantitative estimate of drug-likeness (QED) is 0.219. The van der Waals surface area contributed by atoms with Crippen LogP contribution in [-0.2, 0) is 29.3 Å². The van der Waals surface area contributed by atoms with E-state index in [-0.39, 0.29) is 42.1 Å². The molecule has 250 valence electrons. The number of anilines is 1. The number of carbonyl (C=O) groups excluding carboxylic acids is 2. The van der Waals surface area contributed by atoms with Gasteiger partial charge < -0.3 is 34.6 Å². The molecule has 12 nitrogen and oxygen atoms in total. The lowest BCUT2D eigenvalue weighted by molar-refractivity contribution is -0.118. The minimum atomic E-state index is -0.865. The number of aromatic nitrogens is 1. The molecule has 4 N–H and O–H groups in total. The van der Waals surface area contributed by atoms with Gasteiger partial charge >= 0.3 is 0 Å². The van der Waals surface area contributed by atoms with Crippen LogP contribution in [0, 0.1) is 5.92 Å². The van der Waals surface area contributed by atoms with Crippen LogP contribution >= 0.6 is 0 Å². The zero-order chi connectivity index (χ0) is 33.9. The highest BCUT2D eigenvalue weighted by molar-refractivity contribution is 5.88. The van der Waals surface area contributed by atoms with Crippen LogP contribution in [-0.4, -0.2) is 46.6 Å². The van der Waals surface area contributed by atoms with Gasteiger partial charge in [0, 0.05) is 68.0 Å². The van der Waals surface area contributed by atoms with Crippen molar-refractivity contribution in [1.82, 2.24) is 9.47 Å². The number of hydrogen-bond acceptors (Lipinski definition) is 9. The van der Waals surface area contributed by atoms with Gasteiger partial charge in [-0.3, -0.25) is 24.1 Å². The van der Waals surface area contributed by atoms with E-state index in [1.54, 1.807) is 54.6 Å². The molecule has 48 heavy (non-hydrogen) atoms. The number of benzene rings is 2. The number of nitrogens with two attached hydrogens (primary N) is 1. The molecular weight excluding hydrogens is 616 g/mol. The highest BCUT2D eigenvalue weighted by Gasteiger charge is 2.35. The Morgan fingerprint density at radius 2 is 1.85 bits per heavy atom. The van der Waals surface area contributed by atoms with E-state index in [9.17, 15) is 24.3 Å². The number of hydrogen-bond donors (Lipinski definition) is 3. The molecule has 0 radical (unpaired) electrons. The molecule has 2 aliphatic heterocycles. The summed E-state index contributed by atoms with van der Waals surface area (Å²) in [6, 6.07) is 18.8. The lowest BCUT2D eigenvalue weighted by Gasteiger charge is -2.42. The van der Waals surface area contributed by atoms with Crippen LogP contribution < -0.4 is 31.5 Å². The highest BCUT2D eigenvalue weighted by Crippen LogP contribution is 2.38. The first-order valence-corrected chi connectivity index (χ1v) is 15.8. The van der Waals surface area contributed by atoms with Crippen LogP contribution in [0.1, 0.15) is 59.9 Å². The van der Waals surface area contributed by atoms with Crippen molar-refractivity contribution in [2.24, 2.45) is 11.7 Å². The van der Waals surface area contributed by atoms with Gasteiger partial charge in [0.2, 0.25) is 23.0 Å². The second-order valence-electron chi connectivity index (χ2n) is 12.5. The van der Waals surface area contributed by atoms with Gasteiger partial charge in [0.05, 0.1) is 19.6 Å². The Bertz CT molecular complexity index is 1950. The predicted molar refractivity (Wildman–Crippen MR) is 177 cm³/mol. The van der Waals surface area contributed by atoms with Gasteiger partial charge in [0.15, 0.2) is 5.76 Å². The average molecular weight is 655 g/mol. The van der Waals surface area contributed by atoms with E-state index in [1.165, 1.54) is 20.1 Å². The van der Waals surface area contributed by atoms with Gasteiger partial charge in [0.1, 0.15) is 23.9 Å². The SMILES string of the molecule is COc1ccc(C(CC(N)=O)c2oc(CN3CC4CC(C3)c3cccc(=O)n3C4)cc(=O)c2O)cc1COc1ccc(NC(C)=O)cc1. The smallest absolute Gasteiger partial charge is 0.250 e. The number of nitrogens with zero attached hydrogens (tertiary/aromatic N) is 2. The van der Waals surface area contributed by atoms with Crippen molar-refractivity contribution in [1.29, 1.82) is 0 Å². The molecule has 0 saturated carbocycles. The van der Waals surface area contributed by atoms with E-state index in [4.69, 9.17) is 19.6 Å². The number of nitrogens with one attached hydrogen (secondary N) is 1. The number of methoxy groups -OCH3 is 1. The molecule has 6 rings (SSSR count). The maximum Gasteiger partial charge on any atom is 0.250 e. The number of primary amides is 1. The van der Waals surface area contributed by atoms with E-state index >= 15 is 0 Å². The summed E-state index contributed by atoms with van der Waals surface area (Å²) in [5.74, 6) is -0.421. The first kappa shape index (κ1) is 32.6. The second-order valence-corrected chi connectivity index (χ2v) is 12.5. The Morgan fingerprint density at radius 3 is 2.58 bits per heavy atom. The molecule has 0 aliphatic carbocycles. The summed E-state index contributed by atoms with van der Waals surface area (Å²) >= 11 is 0. The molecular formula is C36H38N4O8. The van der Waals surface area contributed by atoms with Crippen molar-refractivity contribution >= 4 is 17.5 Å². The fourth-order valence-corrected chi connectivity index (χ4v) is 6.90. The third kappa shape index (κ3) is 7.13. The monoisotopic (exact) mass is 654 g/mol.